The summed E-state index contributed by atoms with van der Waals surface area (Å²) in [6.45, 7) is 1.42. The van der Waals surface area contributed by atoms with Crippen LogP contribution in [0.4, 0.5) is 20.2 Å². The number of carbonyl (C=O) groups excluding carboxylic acids is 2. The van der Waals surface area contributed by atoms with Gasteiger partial charge in [0, 0.05) is 31.6 Å². The molecule has 0 atom stereocenters. The third-order valence-electron chi connectivity index (χ3n) is 3.59. The van der Waals surface area contributed by atoms with E-state index >= 15 is 0 Å². The predicted octanol–water partition coefficient (Wildman–Crippen LogP) is 4.01. The SMILES string of the molecule is COc1ccc(N(CCC(=O)Nc2ccc(F)cc2F)C(C)=O)cc1Cl. The van der Waals surface area contributed by atoms with Crippen LogP contribution in [0.5, 0.6) is 5.75 Å². The van der Waals surface area contributed by atoms with Crippen molar-refractivity contribution in [3.63, 3.8) is 0 Å². The number of methoxy groups -OCH3 is 1. The van der Waals surface area contributed by atoms with E-state index in [-0.39, 0.29) is 24.6 Å². The number of hydrogen-bond acceptors (Lipinski definition) is 3. The molecular formula is C18H17ClF2N2O3. The highest BCUT2D eigenvalue weighted by Gasteiger charge is 2.16. The van der Waals surface area contributed by atoms with Gasteiger partial charge in [-0.1, -0.05) is 11.6 Å². The van der Waals surface area contributed by atoms with Crippen LogP contribution in [0.25, 0.3) is 0 Å². The molecule has 0 aliphatic carbocycles. The molecule has 1 N–H and O–H groups in total. The summed E-state index contributed by atoms with van der Waals surface area (Å²) in [5, 5.41) is 2.68. The molecule has 0 saturated heterocycles. The van der Waals surface area contributed by atoms with Crippen molar-refractivity contribution in [3.05, 3.63) is 53.1 Å². The Morgan fingerprint density at radius 1 is 1.19 bits per heavy atom. The topological polar surface area (TPSA) is 58.6 Å². The Labute approximate surface area is 154 Å². The van der Waals surface area contributed by atoms with Gasteiger partial charge in [-0.15, -0.1) is 0 Å². The second-order valence-corrected chi connectivity index (χ2v) is 5.82. The van der Waals surface area contributed by atoms with Crippen molar-refractivity contribution in [1.82, 2.24) is 0 Å². The third-order valence-corrected chi connectivity index (χ3v) is 3.89. The highest BCUT2D eigenvalue weighted by atomic mass is 35.5. The van der Waals surface area contributed by atoms with Gasteiger partial charge in [0.05, 0.1) is 17.8 Å². The summed E-state index contributed by atoms with van der Waals surface area (Å²) in [6.07, 6.45) is -0.0833. The number of nitrogens with one attached hydrogen (secondary N) is 1. The maximum atomic E-state index is 13.6. The quantitative estimate of drug-likeness (QED) is 0.821. The van der Waals surface area contributed by atoms with Gasteiger partial charge in [0.2, 0.25) is 11.8 Å². The minimum Gasteiger partial charge on any atom is -0.495 e. The second kappa shape index (κ2) is 8.62. The van der Waals surface area contributed by atoms with Crippen molar-refractivity contribution >= 4 is 34.8 Å². The normalized spacial score (nSPS) is 10.3. The van der Waals surface area contributed by atoms with Crippen molar-refractivity contribution in [3.8, 4) is 5.75 Å². The molecule has 0 unspecified atom stereocenters. The Hall–Kier alpha value is -2.67. The molecule has 0 aliphatic heterocycles. The Kier molecular flexibility index (Phi) is 6.52. The summed E-state index contributed by atoms with van der Waals surface area (Å²) >= 11 is 6.06. The number of carbonyl (C=O) groups is 2. The van der Waals surface area contributed by atoms with Crippen LogP contribution in [-0.2, 0) is 9.59 Å². The van der Waals surface area contributed by atoms with E-state index in [9.17, 15) is 18.4 Å². The van der Waals surface area contributed by atoms with E-state index in [2.05, 4.69) is 5.32 Å². The van der Waals surface area contributed by atoms with Crippen LogP contribution in [0.2, 0.25) is 5.02 Å². The molecule has 138 valence electrons. The van der Waals surface area contributed by atoms with E-state index in [1.165, 1.54) is 18.9 Å². The zero-order valence-electron chi connectivity index (χ0n) is 14.2. The summed E-state index contributed by atoms with van der Waals surface area (Å²) in [5.41, 5.74) is 0.377. The molecule has 2 amide bonds. The van der Waals surface area contributed by atoms with Crippen molar-refractivity contribution in [2.45, 2.75) is 13.3 Å². The molecule has 0 heterocycles. The largest absolute Gasteiger partial charge is 0.495 e. The molecule has 26 heavy (non-hydrogen) atoms. The number of benzene rings is 2. The predicted molar refractivity (Wildman–Crippen MR) is 95.6 cm³/mol. The molecule has 2 aromatic carbocycles. The number of amides is 2. The van der Waals surface area contributed by atoms with Crippen LogP contribution in [0.15, 0.2) is 36.4 Å². The Balaban J connectivity index is 2.05. The summed E-state index contributed by atoms with van der Waals surface area (Å²) in [4.78, 5) is 25.3. The lowest BCUT2D eigenvalue weighted by Gasteiger charge is -2.21. The minimum absolute atomic E-state index is 0.0621. The molecule has 0 aromatic heterocycles. The van der Waals surface area contributed by atoms with Crippen LogP contribution >= 0.6 is 11.6 Å². The first-order valence-electron chi connectivity index (χ1n) is 7.68. The second-order valence-electron chi connectivity index (χ2n) is 5.41. The van der Waals surface area contributed by atoms with E-state index in [1.54, 1.807) is 18.2 Å². The number of hydrogen-bond donors (Lipinski definition) is 1. The van der Waals surface area contributed by atoms with Gasteiger partial charge in [-0.3, -0.25) is 9.59 Å². The van der Waals surface area contributed by atoms with Gasteiger partial charge in [0.15, 0.2) is 0 Å². The van der Waals surface area contributed by atoms with Crippen LogP contribution in [-0.4, -0.2) is 25.5 Å². The number of ether oxygens (including phenoxy) is 1. The molecule has 0 bridgehead atoms. The Morgan fingerprint density at radius 3 is 2.50 bits per heavy atom. The molecule has 5 nitrogen and oxygen atoms in total. The summed E-state index contributed by atoms with van der Waals surface area (Å²) in [5.74, 6) is -1.94. The molecular weight excluding hydrogens is 366 g/mol. The fraction of sp³-hybridized carbons (Fsp3) is 0.222. The Morgan fingerprint density at radius 2 is 1.92 bits per heavy atom. The smallest absolute Gasteiger partial charge is 0.226 e. The first-order valence-corrected chi connectivity index (χ1v) is 8.06. The van der Waals surface area contributed by atoms with Crippen LogP contribution in [0.3, 0.4) is 0 Å². The number of nitrogens with zero attached hydrogens (tertiary/aromatic N) is 1. The minimum atomic E-state index is -0.872. The van der Waals surface area contributed by atoms with Crippen molar-refractivity contribution in [2.24, 2.45) is 0 Å². The fourth-order valence-corrected chi connectivity index (χ4v) is 2.56. The van der Waals surface area contributed by atoms with Crippen LogP contribution < -0.4 is 15.0 Å². The summed E-state index contributed by atoms with van der Waals surface area (Å²) in [6, 6.07) is 7.66. The third kappa shape index (κ3) is 4.92. The highest BCUT2D eigenvalue weighted by Crippen LogP contribution is 2.29. The van der Waals surface area contributed by atoms with Crippen molar-refractivity contribution in [1.29, 1.82) is 0 Å². The highest BCUT2D eigenvalue weighted by molar-refractivity contribution is 6.32. The molecule has 0 aliphatic rings. The first-order chi connectivity index (χ1) is 12.3. The van der Waals surface area contributed by atoms with Gasteiger partial charge in [-0.2, -0.15) is 0 Å². The fourth-order valence-electron chi connectivity index (χ4n) is 2.31. The molecule has 0 radical (unpaired) electrons. The van der Waals surface area contributed by atoms with E-state index in [1.807, 2.05) is 0 Å². The molecule has 0 fully saturated rings. The van der Waals surface area contributed by atoms with E-state index < -0.39 is 17.5 Å². The number of halogens is 3. The van der Waals surface area contributed by atoms with Gasteiger partial charge < -0.3 is 15.0 Å². The van der Waals surface area contributed by atoms with E-state index in [0.717, 1.165) is 12.1 Å². The van der Waals surface area contributed by atoms with Crippen LogP contribution in [0.1, 0.15) is 13.3 Å². The van der Waals surface area contributed by atoms with E-state index in [0.29, 0.717) is 22.5 Å². The molecule has 8 heteroatoms. The van der Waals surface area contributed by atoms with Crippen molar-refractivity contribution < 1.29 is 23.1 Å². The van der Waals surface area contributed by atoms with Gasteiger partial charge in [-0.05, 0) is 30.3 Å². The number of rotatable bonds is 6. The monoisotopic (exact) mass is 382 g/mol. The molecule has 2 rings (SSSR count). The standard InChI is InChI=1S/C18H17ClF2N2O3/c1-11(24)23(13-4-6-17(26-2)14(19)10-13)8-7-18(25)22-16-5-3-12(20)9-15(16)21/h3-6,9-10H,7-8H2,1-2H3,(H,22,25). The lowest BCUT2D eigenvalue weighted by atomic mass is 10.2. The van der Waals surface area contributed by atoms with Gasteiger partial charge in [0.25, 0.3) is 0 Å². The Bertz CT molecular complexity index is 830. The molecule has 2 aromatic rings. The maximum Gasteiger partial charge on any atom is 0.226 e. The summed E-state index contributed by atoms with van der Waals surface area (Å²) < 4.78 is 31.5. The zero-order chi connectivity index (χ0) is 19.3. The van der Waals surface area contributed by atoms with Gasteiger partial charge in [-0.25, -0.2) is 8.78 Å². The van der Waals surface area contributed by atoms with Gasteiger partial charge >= 0.3 is 0 Å². The average molecular weight is 383 g/mol. The lowest BCUT2D eigenvalue weighted by molar-refractivity contribution is -0.117. The van der Waals surface area contributed by atoms with Gasteiger partial charge in [0.1, 0.15) is 17.4 Å². The zero-order valence-corrected chi connectivity index (χ0v) is 14.9. The van der Waals surface area contributed by atoms with Crippen molar-refractivity contribution in [2.75, 3.05) is 23.9 Å². The maximum absolute atomic E-state index is 13.6. The lowest BCUT2D eigenvalue weighted by Crippen LogP contribution is -2.32. The molecule has 0 spiro atoms. The van der Waals surface area contributed by atoms with Crippen LogP contribution in [0, 0.1) is 11.6 Å². The number of anilines is 2. The van der Waals surface area contributed by atoms with E-state index in [4.69, 9.17) is 16.3 Å². The average Bonchev–Trinajstić information content (AvgIpc) is 2.57. The molecule has 0 saturated carbocycles. The first kappa shape index (κ1) is 19.7. The summed E-state index contributed by atoms with van der Waals surface area (Å²) in [7, 11) is 1.47.